The molecule has 0 saturated carbocycles. The number of hydrogen-bond donors (Lipinski definition) is 1. The number of sulfonamides is 1. The highest BCUT2D eigenvalue weighted by molar-refractivity contribution is 7.88. The van der Waals surface area contributed by atoms with Crippen molar-refractivity contribution < 1.29 is 13.2 Å². The summed E-state index contributed by atoms with van der Waals surface area (Å²) in [6, 6.07) is -0.0712. The lowest BCUT2D eigenvalue weighted by Gasteiger charge is -2.33. The third-order valence-electron chi connectivity index (χ3n) is 4.35. The first kappa shape index (κ1) is 16.5. The van der Waals surface area contributed by atoms with Gasteiger partial charge in [0.05, 0.1) is 6.26 Å². The van der Waals surface area contributed by atoms with Crippen molar-refractivity contribution in [3.05, 3.63) is 0 Å². The predicted octanol–water partition coefficient (Wildman–Crippen LogP) is -0.385. The number of carbonyl (C=O) groups is 1. The molecule has 0 aliphatic carbocycles. The number of piperazine rings is 1. The Kier molecular flexibility index (Phi) is 5.45. The van der Waals surface area contributed by atoms with E-state index in [1.54, 1.807) is 4.90 Å². The van der Waals surface area contributed by atoms with Crippen LogP contribution in [0.5, 0.6) is 0 Å². The predicted molar refractivity (Wildman–Crippen MR) is 81.6 cm³/mol. The molecule has 1 N–H and O–H groups in total. The molecule has 0 unspecified atom stereocenters. The van der Waals surface area contributed by atoms with E-state index in [1.165, 1.54) is 10.6 Å². The Balaban J connectivity index is 1.71. The first-order valence-electron chi connectivity index (χ1n) is 7.60. The molecule has 2 rings (SSSR count). The average Bonchev–Trinajstić information content (AvgIpc) is 2.92. The third-order valence-corrected chi connectivity index (χ3v) is 5.66. The molecule has 2 fully saturated rings. The SMILES string of the molecule is CCN1CC[C@H](CNC(=O)N2CCN(S(C)(=O)=O)CC2)C1. The molecule has 2 amide bonds. The standard InChI is InChI=1S/C13H26N4O3S/c1-3-15-5-4-12(11-15)10-14-13(18)16-6-8-17(9-7-16)21(2,19)20/h12H,3-11H2,1-2H3,(H,14,18)/t12-/m1/s1. The Bertz CT molecular complexity index is 460. The minimum atomic E-state index is -3.14. The maximum absolute atomic E-state index is 12.1. The lowest BCUT2D eigenvalue weighted by Crippen LogP contribution is -2.53. The van der Waals surface area contributed by atoms with E-state index in [2.05, 4.69) is 17.1 Å². The van der Waals surface area contributed by atoms with Gasteiger partial charge in [-0.3, -0.25) is 0 Å². The Morgan fingerprint density at radius 3 is 2.38 bits per heavy atom. The smallest absolute Gasteiger partial charge is 0.317 e. The van der Waals surface area contributed by atoms with Gasteiger partial charge in [0.1, 0.15) is 0 Å². The van der Waals surface area contributed by atoms with E-state index in [0.29, 0.717) is 38.6 Å². The second-order valence-corrected chi connectivity index (χ2v) is 7.87. The van der Waals surface area contributed by atoms with Gasteiger partial charge in [0.25, 0.3) is 0 Å². The first-order valence-corrected chi connectivity index (χ1v) is 9.45. The number of rotatable bonds is 4. The summed E-state index contributed by atoms with van der Waals surface area (Å²) >= 11 is 0. The van der Waals surface area contributed by atoms with Crippen molar-refractivity contribution >= 4 is 16.1 Å². The Morgan fingerprint density at radius 2 is 1.86 bits per heavy atom. The Hall–Kier alpha value is -0.860. The third kappa shape index (κ3) is 4.55. The highest BCUT2D eigenvalue weighted by atomic mass is 32.2. The molecule has 2 saturated heterocycles. The van der Waals surface area contributed by atoms with Crippen LogP contribution in [0.4, 0.5) is 4.79 Å². The zero-order valence-corrected chi connectivity index (χ0v) is 13.7. The van der Waals surface area contributed by atoms with Crippen molar-refractivity contribution in [2.45, 2.75) is 13.3 Å². The van der Waals surface area contributed by atoms with E-state index >= 15 is 0 Å². The molecule has 122 valence electrons. The number of nitrogens with one attached hydrogen (secondary N) is 1. The maximum atomic E-state index is 12.1. The van der Waals surface area contributed by atoms with Crippen molar-refractivity contribution in [3.8, 4) is 0 Å². The molecular weight excluding hydrogens is 292 g/mol. The summed E-state index contributed by atoms with van der Waals surface area (Å²) in [6.07, 6.45) is 2.35. The van der Waals surface area contributed by atoms with Crippen LogP contribution in [0, 0.1) is 5.92 Å². The summed E-state index contributed by atoms with van der Waals surface area (Å²) in [7, 11) is -3.14. The molecular formula is C13H26N4O3S. The van der Waals surface area contributed by atoms with E-state index in [0.717, 1.165) is 26.1 Å². The summed E-state index contributed by atoms with van der Waals surface area (Å²) < 4.78 is 24.3. The number of urea groups is 1. The summed E-state index contributed by atoms with van der Waals surface area (Å²) in [5.41, 5.74) is 0. The van der Waals surface area contributed by atoms with Gasteiger partial charge in [-0.05, 0) is 25.4 Å². The number of likely N-dealkylation sites (tertiary alicyclic amines) is 1. The van der Waals surface area contributed by atoms with E-state index in [-0.39, 0.29) is 6.03 Å². The molecule has 1 atom stereocenters. The number of carbonyl (C=O) groups excluding carboxylic acids is 1. The van der Waals surface area contributed by atoms with Crippen LogP contribution in [-0.2, 0) is 10.0 Å². The van der Waals surface area contributed by atoms with Gasteiger partial charge in [-0.15, -0.1) is 0 Å². The summed E-state index contributed by atoms with van der Waals surface area (Å²) in [5.74, 6) is 0.534. The van der Waals surface area contributed by atoms with Gasteiger partial charge in [-0.1, -0.05) is 6.92 Å². The number of hydrogen-bond acceptors (Lipinski definition) is 4. The van der Waals surface area contributed by atoms with E-state index < -0.39 is 10.0 Å². The average molecular weight is 318 g/mol. The van der Waals surface area contributed by atoms with Crippen LogP contribution in [0.3, 0.4) is 0 Å². The van der Waals surface area contributed by atoms with Crippen LogP contribution < -0.4 is 5.32 Å². The highest BCUT2D eigenvalue weighted by Gasteiger charge is 2.27. The maximum Gasteiger partial charge on any atom is 0.317 e. The minimum absolute atomic E-state index is 0.0712. The molecule has 21 heavy (non-hydrogen) atoms. The zero-order chi connectivity index (χ0) is 15.5. The van der Waals surface area contributed by atoms with Crippen LogP contribution in [0.2, 0.25) is 0 Å². The lowest BCUT2D eigenvalue weighted by atomic mass is 10.1. The van der Waals surface area contributed by atoms with Gasteiger partial charge < -0.3 is 15.1 Å². The molecule has 0 bridgehead atoms. The molecule has 0 aromatic carbocycles. The normalized spacial score (nSPS) is 25.2. The molecule has 0 radical (unpaired) electrons. The van der Waals surface area contributed by atoms with Crippen LogP contribution >= 0.6 is 0 Å². The monoisotopic (exact) mass is 318 g/mol. The van der Waals surface area contributed by atoms with Crippen molar-refractivity contribution in [2.75, 3.05) is 58.6 Å². The van der Waals surface area contributed by atoms with Gasteiger partial charge in [-0.2, -0.15) is 4.31 Å². The van der Waals surface area contributed by atoms with E-state index in [9.17, 15) is 13.2 Å². The van der Waals surface area contributed by atoms with Gasteiger partial charge >= 0.3 is 6.03 Å². The second kappa shape index (κ2) is 6.93. The molecule has 0 spiro atoms. The fourth-order valence-electron chi connectivity index (χ4n) is 2.93. The summed E-state index contributed by atoms with van der Waals surface area (Å²) in [5, 5.41) is 2.98. The molecule has 8 heteroatoms. The van der Waals surface area contributed by atoms with E-state index in [4.69, 9.17) is 0 Å². The number of amides is 2. The fraction of sp³-hybridized carbons (Fsp3) is 0.923. The number of nitrogens with zero attached hydrogens (tertiary/aromatic N) is 3. The minimum Gasteiger partial charge on any atom is -0.338 e. The van der Waals surface area contributed by atoms with Gasteiger partial charge in [0.2, 0.25) is 10.0 Å². The van der Waals surface area contributed by atoms with Crippen LogP contribution in [0.1, 0.15) is 13.3 Å². The topological polar surface area (TPSA) is 73.0 Å². The molecule has 7 nitrogen and oxygen atoms in total. The van der Waals surface area contributed by atoms with Crippen LogP contribution in [0.25, 0.3) is 0 Å². The van der Waals surface area contributed by atoms with Gasteiger partial charge in [0.15, 0.2) is 0 Å². The van der Waals surface area contributed by atoms with Crippen LogP contribution in [0.15, 0.2) is 0 Å². The first-order chi connectivity index (χ1) is 9.90. The van der Waals surface area contributed by atoms with Crippen molar-refractivity contribution in [2.24, 2.45) is 5.92 Å². The van der Waals surface area contributed by atoms with Gasteiger partial charge in [-0.25, -0.2) is 13.2 Å². The quantitative estimate of drug-likeness (QED) is 0.766. The van der Waals surface area contributed by atoms with Gasteiger partial charge in [0, 0.05) is 39.3 Å². The summed E-state index contributed by atoms with van der Waals surface area (Å²) in [4.78, 5) is 16.2. The fourth-order valence-corrected chi connectivity index (χ4v) is 3.76. The Labute approximate surface area is 127 Å². The van der Waals surface area contributed by atoms with Crippen molar-refractivity contribution in [3.63, 3.8) is 0 Å². The van der Waals surface area contributed by atoms with Crippen LogP contribution in [-0.4, -0.2) is 87.2 Å². The van der Waals surface area contributed by atoms with E-state index in [1.807, 2.05) is 0 Å². The molecule has 2 heterocycles. The molecule has 2 aliphatic heterocycles. The largest absolute Gasteiger partial charge is 0.338 e. The molecule has 0 aromatic rings. The Morgan fingerprint density at radius 1 is 1.19 bits per heavy atom. The molecule has 2 aliphatic rings. The van der Waals surface area contributed by atoms with Crippen molar-refractivity contribution in [1.82, 2.24) is 19.4 Å². The lowest BCUT2D eigenvalue weighted by molar-refractivity contribution is 0.171. The summed E-state index contributed by atoms with van der Waals surface area (Å²) in [6.45, 7) is 7.80. The van der Waals surface area contributed by atoms with Crippen molar-refractivity contribution in [1.29, 1.82) is 0 Å². The highest BCUT2D eigenvalue weighted by Crippen LogP contribution is 2.14. The second-order valence-electron chi connectivity index (χ2n) is 5.88. The zero-order valence-electron chi connectivity index (χ0n) is 12.9. The molecule has 0 aromatic heterocycles.